The predicted molar refractivity (Wildman–Crippen MR) is 83.0 cm³/mol. The first kappa shape index (κ1) is 14.4. The summed E-state index contributed by atoms with van der Waals surface area (Å²) >= 11 is 1.64. The minimum atomic E-state index is -0.444. The zero-order valence-electron chi connectivity index (χ0n) is 11.4. The number of anilines is 1. The van der Waals surface area contributed by atoms with Crippen molar-refractivity contribution in [2.75, 3.05) is 5.73 Å². The first-order valence-electron chi connectivity index (χ1n) is 6.21. The fraction of sp³-hybridized carbons (Fsp3) is 0.200. The van der Waals surface area contributed by atoms with E-state index in [-0.39, 0.29) is 11.4 Å². The van der Waals surface area contributed by atoms with Gasteiger partial charge in [0.15, 0.2) is 0 Å². The highest BCUT2D eigenvalue weighted by Gasteiger charge is 2.14. The number of nitrogen functional groups attached to an aromatic ring is 1. The molecule has 0 aliphatic heterocycles. The summed E-state index contributed by atoms with van der Waals surface area (Å²) < 4.78 is 0. The lowest BCUT2D eigenvalue weighted by atomic mass is 10.2. The Balaban J connectivity index is 2.19. The van der Waals surface area contributed by atoms with Gasteiger partial charge >= 0.3 is 0 Å². The molecule has 4 nitrogen and oxygen atoms in total. The largest absolute Gasteiger partial charge is 0.393 e. The molecule has 0 aliphatic rings. The zero-order valence-corrected chi connectivity index (χ0v) is 12.2. The summed E-state index contributed by atoms with van der Waals surface area (Å²) in [7, 11) is 0. The van der Waals surface area contributed by atoms with E-state index in [1.54, 1.807) is 17.8 Å². The Labute approximate surface area is 122 Å². The zero-order chi connectivity index (χ0) is 14.7. The standard InChI is InChI=1S/C15H16N2O2S/c1-10-6-7-14(11(2)8-10)20-9-12-4-3-5-13(15(12)16)17(18)19/h3-8H,9,16H2,1-2H3. The third-order valence-corrected chi connectivity index (χ3v) is 4.31. The molecule has 20 heavy (non-hydrogen) atoms. The molecule has 2 aromatic rings. The first-order valence-corrected chi connectivity index (χ1v) is 7.19. The van der Waals surface area contributed by atoms with E-state index in [1.807, 2.05) is 6.07 Å². The van der Waals surface area contributed by atoms with Crippen LogP contribution in [0.1, 0.15) is 16.7 Å². The average molecular weight is 288 g/mol. The molecule has 0 unspecified atom stereocenters. The van der Waals surface area contributed by atoms with Gasteiger partial charge < -0.3 is 5.73 Å². The van der Waals surface area contributed by atoms with E-state index in [0.717, 1.165) is 5.56 Å². The van der Waals surface area contributed by atoms with Crippen LogP contribution < -0.4 is 5.73 Å². The highest BCUT2D eigenvalue weighted by molar-refractivity contribution is 7.98. The summed E-state index contributed by atoms with van der Waals surface area (Å²) in [5.41, 5.74) is 9.32. The van der Waals surface area contributed by atoms with Gasteiger partial charge in [-0.25, -0.2) is 0 Å². The van der Waals surface area contributed by atoms with Crippen LogP contribution >= 0.6 is 11.8 Å². The highest BCUT2D eigenvalue weighted by atomic mass is 32.2. The molecule has 0 saturated heterocycles. The fourth-order valence-electron chi connectivity index (χ4n) is 2.00. The Morgan fingerprint density at radius 2 is 2.00 bits per heavy atom. The Kier molecular flexibility index (Phi) is 4.29. The average Bonchev–Trinajstić information content (AvgIpc) is 2.39. The van der Waals surface area contributed by atoms with Gasteiger partial charge in [0.1, 0.15) is 5.69 Å². The third-order valence-electron chi connectivity index (χ3n) is 3.08. The van der Waals surface area contributed by atoms with E-state index in [1.165, 1.54) is 22.1 Å². The number of thioether (sulfide) groups is 1. The second kappa shape index (κ2) is 5.96. The molecule has 0 amide bonds. The summed E-state index contributed by atoms with van der Waals surface area (Å²) in [5.74, 6) is 0.622. The van der Waals surface area contributed by atoms with Gasteiger partial charge in [0, 0.05) is 16.7 Å². The first-order chi connectivity index (χ1) is 9.49. The smallest absolute Gasteiger partial charge is 0.292 e. The van der Waals surface area contributed by atoms with Gasteiger partial charge in [0.2, 0.25) is 0 Å². The van der Waals surface area contributed by atoms with Crippen molar-refractivity contribution in [1.29, 1.82) is 0 Å². The lowest BCUT2D eigenvalue weighted by molar-refractivity contribution is -0.383. The van der Waals surface area contributed by atoms with Crippen LogP contribution in [0.15, 0.2) is 41.3 Å². The number of aryl methyl sites for hydroxylation is 2. The lowest BCUT2D eigenvalue weighted by Crippen LogP contribution is -1.99. The van der Waals surface area contributed by atoms with Crippen LogP contribution in [0, 0.1) is 24.0 Å². The third kappa shape index (κ3) is 3.11. The SMILES string of the molecule is Cc1ccc(SCc2cccc([N+](=O)[O-])c2N)c(C)c1. The summed E-state index contributed by atoms with van der Waals surface area (Å²) in [6.07, 6.45) is 0. The number of hydrogen-bond donors (Lipinski definition) is 1. The molecule has 0 saturated carbocycles. The van der Waals surface area contributed by atoms with E-state index in [9.17, 15) is 10.1 Å². The van der Waals surface area contributed by atoms with Crippen molar-refractivity contribution in [2.45, 2.75) is 24.5 Å². The molecular weight excluding hydrogens is 272 g/mol. The minimum Gasteiger partial charge on any atom is -0.393 e. The van der Waals surface area contributed by atoms with E-state index < -0.39 is 4.92 Å². The van der Waals surface area contributed by atoms with Crippen LogP contribution in [-0.4, -0.2) is 4.92 Å². The molecule has 0 fully saturated rings. The van der Waals surface area contributed by atoms with Gasteiger partial charge in [0.05, 0.1) is 4.92 Å². The molecular formula is C15H16N2O2S. The summed E-state index contributed by atoms with van der Waals surface area (Å²) in [6.45, 7) is 4.12. The number of nitrogens with zero attached hydrogens (tertiary/aromatic N) is 1. The molecule has 2 N–H and O–H groups in total. The van der Waals surface area contributed by atoms with Gasteiger partial charge in [-0.1, -0.05) is 29.8 Å². The second-order valence-electron chi connectivity index (χ2n) is 4.66. The van der Waals surface area contributed by atoms with Gasteiger partial charge in [-0.3, -0.25) is 10.1 Å². The molecule has 2 aromatic carbocycles. The topological polar surface area (TPSA) is 69.2 Å². The summed E-state index contributed by atoms with van der Waals surface area (Å²) in [6, 6.07) is 11.2. The molecule has 0 atom stereocenters. The van der Waals surface area contributed by atoms with E-state index >= 15 is 0 Å². The quantitative estimate of drug-likeness (QED) is 0.398. The lowest BCUT2D eigenvalue weighted by Gasteiger charge is -2.08. The number of para-hydroxylation sites is 1. The van der Waals surface area contributed by atoms with Crippen molar-refractivity contribution in [2.24, 2.45) is 0 Å². The molecule has 0 aliphatic carbocycles. The van der Waals surface area contributed by atoms with E-state index in [4.69, 9.17) is 5.73 Å². The van der Waals surface area contributed by atoms with Crippen molar-refractivity contribution in [3.05, 3.63) is 63.2 Å². The van der Waals surface area contributed by atoms with Crippen LogP contribution in [0.2, 0.25) is 0 Å². The molecule has 0 radical (unpaired) electrons. The summed E-state index contributed by atoms with van der Waals surface area (Å²) in [4.78, 5) is 11.6. The van der Waals surface area contributed by atoms with Crippen LogP contribution in [-0.2, 0) is 5.75 Å². The van der Waals surface area contributed by atoms with Crippen LogP contribution in [0.5, 0.6) is 0 Å². The number of rotatable bonds is 4. The van der Waals surface area contributed by atoms with Crippen molar-refractivity contribution in [3.63, 3.8) is 0 Å². The molecule has 5 heteroatoms. The van der Waals surface area contributed by atoms with Gasteiger partial charge in [-0.2, -0.15) is 0 Å². The van der Waals surface area contributed by atoms with Crippen molar-refractivity contribution in [1.82, 2.24) is 0 Å². The predicted octanol–water partition coefficient (Wildman–Crippen LogP) is 4.09. The van der Waals surface area contributed by atoms with E-state index in [2.05, 4.69) is 32.0 Å². The number of hydrogen-bond acceptors (Lipinski definition) is 4. The van der Waals surface area contributed by atoms with Gasteiger partial charge in [-0.05, 0) is 31.0 Å². The van der Waals surface area contributed by atoms with E-state index in [0.29, 0.717) is 5.75 Å². The summed E-state index contributed by atoms with van der Waals surface area (Å²) in [5, 5.41) is 10.9. The van der Waals surface area contributed by atoms with Gasteiger partial charge in [-0.15, -0.1) is 11.8 Å². The molecule has 0 bridgehead atoms. The number of nitro groups is 1. The normalized spacial score (nSPS) is 10.5. The maximum Gasteiger partial charge on any atom is 0.292 e. The maximum absolute atomic E-state index is 10.9. The Bertz CT molecular complexity index is 656. The fourth-order valence-corrected chi connectivity index (χ4v) is 3.01. The van der Waals surface area contributed by atoms with Crippen molar-refractivity contribution in [3.8, 4) is 0 Å². The number of nitrogens with two attached hydrogens (primary N) is 1. The minimum absolute atomic E-state index is 0.0243. The molecule has 0 spiro atoms. The van der Waals surface area contributed by atoms with Crippen LogP contribution in [0.25, 0.3) is 0 Å². The van der Waals surface area contributed by atoms with Gasteiger partial charge in [0.25, 0.3) is 5.69 Å². The van der Waals surface area contributed by atoms with Crippen LogP contribution in [0.3, 0.4) is 0 Å². The molecule has 0 heterocycles. The Morgan fingerprint density at radius 3 is 2.65 bits per heavy atom. The van der Waals surface area contributed by atoms with Crippen molar-refractivity contribution < 1.29 is 4.92 Å². The van der Waals surface area contributed by atoms with Crippen molar-refractivity contribution >= 4 is 23.1 Å². The molecule has 2 rings (SSSR count). The van der Waals surface area contributed by atoms with Crippen LogP contribution in [0.4, 0.5) is 11.4 Å². The Morgan fingerprint density at radius 1 is 1.25 bits per heavy atom. The monoisotopic (exact) mass is 288 g/mol. The number of benzene rings is 2. The molecule has 104 valence electrons. The Hall–Kier alpha value is -2.01. The highest BCUT2D eigenvalue weighted by Crippen LogP contribution is 2.32. The second-order valence-corrected chi connectivity index (χ2v) is 5.68. The number of nitro benzene ring substituents is 1. The maximum atomic E-state index is 10.9. The molecule has 0 aromatic heterocycles.